The highest BCUT2D eigenvalue weighted by Gasteiger charge is 2.11. The Balaban J connectivity index is 1.84. The lowest BCUT2D eigenvalue weighted by Crippen LogP contribution is -2.03. The molecule has 0 aliphatic rings. The molecule has 0 saturated carbocycles. The molecule has 0 fully saturated rings. The Morgan fingerprint density at radius 1 is 1.19 bits per heavy atom. The molecule has 0 radical (unpaired) electrons. The largest absolute Gasteiger partial charge is 0.481 e. The van der Waals surface area contributed by atoms with Crippen LogP contribution in [0.2, 0.25) is 0 Å². The molecule has 3 rings (SSSR count). The highest BCUT2D eigenvalue weighted by molar-refractivity contribution is 7.18. The fourth-order valence-corrected chi connectivity index (χ4v) is 3.14. The molecule has 0 spiro atoms. The van der Waals surface area contributed by atoms with E-state index in [4.69, 9.17) is 4.74 Å². The minimum atomic E-state index is 0.618. The van der Waals surface area contributed by atoms with Crippen LogP contribution in [-0.2, 0) is 6.54 Å². The van der Waals surface area contributed by atoms with Crippen LogP contribution >= 0.6 is 11.3 Å². The summed E-state index contributed by atoms with van der Waals surface area (Å²) in [7, 11) is 1.61. The number of rotatable bonds is 4. The number of anilines is 1. The normalized spacial score (nSPS) is 10.8. The molecule has 3 heterocycles. The van der Waals surface area contributed by atoms with Gasteiger partial charge in [-0.15, -0.1) is 11.3 Å². The smallest absolute Gasteiger partial charge is 0.212 e. The van der Waals surface area contributed by atoms with Crippen molar-refractivity contribution in [3.8, 4) is 5.88 Å². The van der Waals surface area contributed by atoms with Crippen LogP contribution in [0.5, 0.6) is 5.88 Å². The first-order valence-electron chi connectivity index (χ1n) is 6.62. The first kappa shape index (κ1) is 13.8. The minimum Gasteiger partial charge on any atom is -0.481 e. The van der Waals surface area contributed by atoms with Crippen molar-refractivity contribution in [2.24, 2.45) is 0 Å². The van der Waals surface area contributed by atoms with Crippen LogP contribution in [-0.4, -0.2) is 22.1 Å². The fraction of sp³-hybridized carbons (Fsp3) is 0.267. The Labute approximate surface area is 127 Å². The Hall–Kier alpha value is -2.21. The maximum absolute atomic E-state index is 5.06. The molecule has 108 valence electrons. The average Bonchev–Trinajstić information content (AvgIpc) is 2.81. The third-order valence-electron chi connectivity index (χ3n) is 3.43. The molecule has 0 bridgehead atoms. The zero-order valence-corrected chi connectivity index (χ0v) is 13.0. The number of hydrogen-bond donors (Lipinski definition) is 1. The summed E-state index contributed by atoms with van der Waals surface area (Å²) in [4.78, 5) is 15.2. The van der Waals surface area contributed by atoms with E-state index < -0.39 is 0 Å². The van der Waals surface area contributed by atoms with Gasteiger partial charge in [0.15, 0.2) is 0 Å². The molecule has 0 aliphatic heterocycles. The number of pyridine rings is 1. The second-order valence-electron chi connectivity index (χ2n) is 4.75. The van der Waals surface area contributed by atoms with Gasteiger partial charge < -0.3 is 10.1 Å². The molecule has 3 aromatic heterocycles. The van der Waals surface area contributed by atoms with E-state index in [1.807, 2.05) is 12.1 Å². The van der Waals surface area contributed by atoms with E-state index in [-0.39, 0.29) is 0 Å². The molecule has 0 amide bonds. The number of methoxy groups -OCH3 is 1. The zero-order chi connectivity index (χ0) is 14.8. The second kappa shape index (κ2) is 5.65. The van der Waals surface area contributed by atoms with Crippen molar-refractivity contribution in [1.29, 1.82) is 0 Å². The van der Waals surface area contributed by atoms with E-state index in [1.54, 1.807) is 31.0 Å². The number of ether oxygens (including phenoxy) is 1. The van der Waals surface area contributed by atoms with Crippen molar-refractivity contribution in [2.45, 2.75) is 20.4 Å². The Morgan fingerprint density at radius 2 is 2.05 bits per heavy atom. The van der Waals surface area contributed by atoms with E-state index in [0.29, 0.717) is 12.4 Å². The van der Waals surface area contributed by atoms with Gasteiger partial charge in [0.05, 0.1) is 12.5 Å². The van der Waals surface area contributed by atoms with Gasteiger partial charge in [0.25, 0.3) is 0 Å². The van der Waals surface area contributed by atoms with Gasteiger partial charge >= 0.3 is 0 Å². The van der Waals surface area contributed by atoms with Crippen molar-refractivity contribution in [2.75, 3.05) is 12.4 Å². The SMILES string of the molecule is COc1ccc(CNc2ncnc3sc(C)c(C)c23)cn1. The van der Waals surface area contributed by atoms with Crippen molar-refractivity contribution >= 4 is 27.4 Å². The first-order chi connectivity index (χ1) is 10.2. The van der Waals surface area contributed by atoms with E-state index in [9.17, 15) is 0 Å². The molecule has 0 aliphatic carbocycles. The summed E-state index contributed by atoms with van der Waals surface area (Å²) in [5, 5.41) is 4.48. The van der Waals surface area contributed by atoms with Crippen molar-refractivity contribution in [3.63, 3.8) is 0 Å². The molecule has 5 nitrogen and oxygen atoms in total. The van der Waals surface area contributed by atoms with Gasteiger partial charge in [0.2, 0.25) is 5.88 Å². The molecule has 3 aromatic rings. The number of aromatic nitrogens is 3. The van der Waals surface area contributed by atoms with Crippen LogP contribution in [0.1, 0.15) is 16.0 Å². The highest BCUT2D eigenvalue weighted by Crippen LogP contribution is 2.32. The molecular weight excluding hydrogens is 284 g/mol. The topological polar surface area (TPSA) is 59.9 Å². The number of nitrogens with zero attached hydrogens (tertiary/aromatic N) is 3. The lowest BCUT2D eigenvalue weighted by atomic mass is 10.2. The van der Waals surface area contributed by atoms with Crippen LogP contribution in [0.3, 0.4) is 0 Å². The van der Waals surface area contributed by atoms with Crippen molar-refractivity contribution < 1.29 is 4.74 Å². The van der Waals surface area contributed by atoms with E-state index in [1.165, 1.54) is 10.4 Å². The fourth-order valence-electron chi connectivity index (χ4n) is 2.14. The maximum Gasteiger partial charge on any atom is 0.212 e. The predicted octanol–water partition coefficient (Wildman–Crippen LogP) is 3.32. The van der Waals surface area contributed by atoms with Gasteiger partial charge in [-0.05, 0) is 25.0 Å². The molecule has 0 aromatic carbocycles. The first-order valence-corrected chi connectivity index (χ1v) is 7.44. The van der Waals surface area contributed by atoms with Gasteiger partial charge in [-0.25, -0.2) is 15.0 Å². The van der Waals surface area contributed by atoms with Gasteiger partial charge in [-0.1, -0.05) is 6.07 Å². The van der Waals surface area contributed by atoms with E-state index in [2.05, 4.69) is 34.1 Å². The quantitative estimate of drug-likeness (QED) is 0.801. The van der Waals surface area contributed by atoms with Gasteiger partial charge in [0.1, 0.15) is 17.0 Å². The monoisotopic (exact) mass is 300 g/mol. The summed E-state index contributed by atoms with van der Waals surface area (Å²) >= 11 is 1.70. The number of thiophene rings is 1. The summed E-state index contributed by atoms with van der Waals surface area (Å²) in [5.74, 6) is 1.49. The summed E-state index contributed by atoms with van der Waals surface area (Å²) < 4.78 is 5.06. The molecular formula is C15H16N4OS. The molecule has 1 N–H and O–H groups in total. The van der Waals surface area contributed by atoms with Crippen LogP contribution in [0, 0.1) is 13.8 Å². The predicted molar refractivity (Wildman–Crippen MR) is 85.0 cm³/mol. The summed E-state index contributed by atoms with van der Waals surface area (Å²) in [6, 6.07) is 3.84. The number of nitrogens with one attached hydrogen (secondary N) is 1. The molecule has 0 unspecified atom stereocenters. The minimum absolute atomic E-state index is 0.618. The zero-order valence-electron chi connectivity index (χ0n) is 12.2. The third kappa shape index (κ3) is 2.67. The Morgan fingerprint density at radius 3 is 2.76 bits per heavy atom. The van der Waals surface area contributed by atoms with Crippen LogP contribution in [0.4, 0.5) is 5.82 Å². The lowest BCUT2D eigenvalue weighted by Gasteiger charge is -2.07. The summed E-state index contributed by atoms with van der Waals surface area (Å²) in [6.07, 6.45) is 3.41. The van der Waals surface area contributed by atoms with Gasteiger partial charge in [-0.2, -0.15) is 0 Å². The standard InChI is InChI=1S/C15H16N4OS/c1-9-10(2)21-15-13(9)14(18-8-19-15)17-7-11-4-5-12(20-3)16-6-11/h4-6,8H,7H2,1-3H3,(H,17,18,19). The van der Waals surface area contributed by atoms with Gasteiger partial charge in [-0.3, -0.25) is 0 Å². The Bertz CT molecular complexity index is 767. The van der Waals surface area contributed by atoms with Crippen molar-refractivity contribution in [3.05, 3.63) is 40.7 Å². The van der Waals surface area contributed by atoms with Crippen LogP contribution in [0.15, 0.2) is 24.7 Å². The summed E-state index contributed by atoms with van der Waals surface area (Å²) in [5.41, 5.74) is 2.32. The van der Waals surface area contributed by atoms with Crippen LogP contribution in [0.25, 0.3) is 10.2 Å². The number of aryl methyl sites for hydroxylation is 2. The molecule has 21 heavy (non-hydrogen) atoms. The van der Waals surface area contributed by atoms with E-state index >= 15 is 0 Å². The number of fused-ring (bicyclic) bond motifs is 1. The third-order valence-corrected chi connectivity index (χ3v) is 4.55. The lowest BCUT2D eigenvalue weighted by molar-refractivity contribution is 0.397. The summed E-state index contributed by atoms with van der Waals surface area (Å²) in [6.45, 7) is 4.88. The molecule has 0 saturated heterocycles. The maximum atomic E-state index is 5.06. The number of hydrogen-bond acceptors (Lipinski definition) is 6. The van der Waals surface area contributed by atoms with Crippen LogP contribution < -0.4 is 10.1 Å². The van der Waals surface area contributed by atoms with Crippen molar-refractivity contribution in [1.82, 2.24) is 15.0 Å². The molecule has 6 heteroatoms. The molecule has 0 atom stereocenters. The Kier molecular flexibility index (Phi) is 3.70. The average molecular weight is 300 g/mol. The highest BCUT2D eigenvalue weighted by atomic mass is 32.1. The van der Waals surface area contributed by atoms with Gasteiger partial charge in [0, 0.05) is 23.7 Å². The second-order valence-corrected chi connectivity index (χ2v) is 5.95. The van der Waals surface area contributed by atoms with E-state index in [0.717, 1.165) is 21.6 Å².